The third-order valence-corrected chi connectivity index (χ3v) is 2.80. The van der Waals surface area contributed by atoms with Crippen LogP contribution in [-0.2, 0) is 13.5 Å². The van der Waals surface area contributed by atoms with E-state index in [2.05, 4.69) is 20.6 Å². The van der Waals surface area contributed by atoms with Crippen LogP contribution in [0, 0.1) is 0 Å². The Morgan fingerprint density at radius 2 is 2.18 bits per heavy atom. The van der Waals surface area contributed by atoms with Gasteiger partial charge in [-0.3, -0.25) is 4.68 Å². The van der Waals surface area contributed by atoms with Crippen LogP contribution in [0.25, 0.3) is 0 Å². The molecule has 0 aliphatic heterocycles. The van der Waals surface area contributed by atoms with Crippen LogP contribution >= 0.6 is 23.2 Å². The average Bonchev–Trinajstić information content (AvgIpc) is 2.70. The number of nitrogens with zero attached hydrogens (tertiary/aromatic N) is 4. The zero-order valence-electron chi connectivity index (χ0n) is 9.19. The Morgan fingerprint density at radius 1 is 1.35 bits per heavy atom. The van der Waals surface area contributed by atoms with Crippen LogP contribution in [0.2, 0.25) is 10.3 Å². The molecule has 7 heteroatoms. The highest BCUT2D eigenvalue weighted by Crippen LogP contribution is 2.20. The van der Waals surface area contributed by atoms with Gasteiger partial charge in [0.1, 0.15) is 0 Å². The lowest BCUT2D eigenvalue weighted by Crippen LogP contribution is -2.09. The van der Waals surface area contributed by atoms with Crippen molar-refractivity contribution in [2.75, 3.05) is 11.9 Å². The molecule has 0 unspecified atom stereocenters. The Morgan fingerprint density at radius 3 is 2.88 bits per heavy atom. The predicted molar refractivity (Wildman–Crippen MR) is 67.5 cm³/mol. The molecule has 0 saturated carbocycles. The second kappa shape index (κ2) is 5.33. The predicted octanol–water partition coefficient (Wildman–Crippen LogP) is 2.17. The van der Waals surface area contributed by atoms with Gasteiger partial charge in [0.25, 0.3) is 0 Å². The molecule has 17 heavy (non-hydrogen) atoms. The van der Waals surface area contributed by atoms with Crippen molar-refractivity contribution in [3.8, 4) is 0 Å². The van der Waals surface area contributed by atoms with Gasteiger partial charge in [0.15, 0.2) is 10.3 Å². The largest absolute Gasteiger partial charge is 0.382 e. The summed E-state index contributed by atoms with van der Waals surface area (Å²) in [7, 11) is 1.91. The topological polar surface area (TPSA) is 55.6 Å². The van der Waals surface area contributed by atoms with E-state index in [-0.39, 0.29) is 0 Å². The lowest BCUT2D eigenvalue weighted by molar-refractivity contribution is 0.711. The lowest BCUT2D eigenvalue weighted by Gasteiger charge is -2.07. The molecule has 0 spiro atoms. The van der Waals surface area contributed by atoms with Gasteiger partial charge >= 0.3 is 0 Å². The summed E-state index contributed by atoms with van der Waals surface area (Å²) in [4.78, 5) is 0. The lowest BCUT2D eigenvalue weighted by atomic mass is 10.3. The number of hydrogen-bond donors (Lipinski definition) is 1. The third-order valence-electron chi connectivity index (χ3n) is 2.34. The quantitative estimate of drug-likeness (QED) is 0.926. The highest BCUT2D eigenvalue weighted by molar-refractivity contribution is 6.33. The summed E-state index contributed by atoms with van der Waals surface area (Å²) in [5.41, 5.74) is 1.83. The number of aromatic nitrogens is 4. The monoisotopic (exact) mass is 271 g/mol. The number of halogens is 2. The molecule has 2 aromatic heterocycles. The minimum absolute atomic E-state index is 0.317. The van der Waals surface area contributed by atoms with Gasteiger partial charge in [0.05, 0.1) is 5.69 Å². The van der Waals surface area contributed by atoms with E-state index in [0.717, 1.165) is 18.7 Å². The van der Waals surface area contributed by atoms with E-state index in [1.807, 2.05) is 17.8 Å². The maximum absolute atomic E-state index is 5.88. The van der Waals surface area contributed by atoms with E-state index in [1.54, 1.807) is 12.3 Å². The molecular weight excluding hydrogens is 261 g/mol. The Balaban J connectivity index is 1.94. The van der Waals surface area contributed by atoms with Crippen molar-refractivity contribution in [2.45, 2.75) is 6.42 Å². The Kier molecular flexibility index (Phi) is 3.81. The number of nitrogens with one attached hydrogen (secondary N) is 1. The average molecular weight is 272 g/mol. The van der Waals surface area contributed by atoms with Crippen molar-refractivity contribution in [2.24, 2.45) is 7.05 Å². The van der Waals surface area contributed by atoms with Gasteiger partial charge in [-0.2, -0.15) is 5.10 Å². The molecule has 2 aromatic rings. The summed E-state index contributed by atoms with van der Waals surface area (Å²) in [6.07, 6.45) is 2.61. The zero-order chi connectivity index (χ0) is 12.3. The summed E-state index contributed by atoms with van der Waals surface area (Å²) >= 11 is 11.6. The van der Waals surface area contributed by atoms with Crippen LogP contribution in [0.1, 0.15) is 5.69 Å². The third kappa shape index (κ3) is 3.08. The minimum atomic E-state index is 0.317. The van der Waals surface area contributed by atoms with E-state index >= 15 is 0 Å². The molecule has 0 fully saturated rings. The molecular formula is C10H11Cl2N5. The van der Waals surface area contributed by atoms with Crippen molar-refractivity contribution in [1.82, 2.24) is 20.0 Å². The number of rotatable bonds is 4. The van der Waals surface area contributed by atoms with Crippen LogP contribution in [0.5, 0.6) is 0 Å². The fourth-order valence-electron chi connectivity index (χ4n) is 1.45. The zero-order valence-corrected chi connectivity index (χ0v) is 10.7. The van der Waals surface area contributed by atoms with Crippen LogP contribution in [0.4, 0.5) is 5.69 Å². The SMILES string of the molecule is Cn1nccc1CCNc1cc(Cl)nnc1Cl. The molecule has 0 aromatic carbocycles. The van der Waals surface area contributed by atoms with E-state index < -0.39 is 0 Å². The molecule has 2 heterocycles. The summed E-state index contributed by atoms with van der Waals surface area (Å²) < 4.78 is 1.83. The van der Waals surface area contributed by atoms with E-state index in [0.29, 0.717) is 16.0 Å². The van der Waals surface area contributed by atoms with Crippen molar-refractivity contribution < 1.29 is 0 Å². The fraction of sp³-hybridized carbons (Fsp3) is 0.300. The highest BCUT2D eigenvalue weighted by Gasteiger charge is 2.04. The van der Waals surface area contributed by atoms with Gasteiger partial charge in [-0.1, -0.05) is 23.2 Å². The van der Waals surface area contributed by atoms with Crippen LogP contribution in [0.15, 0.2) is 18.3 Å². The molecule has 0 amide bonds. The molecule has 0 bridgehead atoms. The first-order chi connectivity index (χ1) is 8.16. The Labute approximate surface area is 109 Å². The van der Waals surface area contributed by atoms with Crippen LogP contribution in [0.3, 0.4) is 0 Å². The maximum Gasteiger partial charge on any atom is 0.174 e. The Hall–Kier alpha value is -1.33. The normalized spacial score (nSPS) is 10.5. The van der Waals surface area contributed by atoms with Crippen molar-refractivity contribution in [1.29, 1.82) is 0 Å². The van der Waals surface area contributed by atoms with E-state index in [9.17, 15) is 0 Å². The van der Waals surface area contributed by atoms with E-state index in [4.69, 9.17) is 23.2 Å². The molecule has 2 rings (SSSR count). The van der Waals surface area contributed by atoms with Crippen molar-refractivity contribution in [3.05, 3.63) is 34.3 Å². The second-order valence-electron chi connectivity index (χ2n) is 3.49. The molecule has 0 aliphatic rings. The molecule has 1 N–H and O–H groups in total. The fourth-order valence-corrected chi connectivity index (χ4v) is 1.75. The minimum Gasteiger partial charge on any atom is -0.382 e. The summed E-state index contributed by atoms with van der Waals surface area (Å²) in [6.45, 7) is 0.723. The number of hydrogen-bond acceptors (Lipinski definition) is 4. The van der Waals surface area contributed by atoms with Gasteiger partial charge in [0.2, 0.25) is 0 Å². The molecule has 0 saturated heterocycles. The van der Waals surface area contributed by atoms with Gasteiger partial charge in [-0.25, -0.2) is 0 Å². The Bertz CT molecular complexity index is 511. The number of anilines is 1. The summed E-state index contributed by atoms with van der Waals surface area (Å²) in [5, 5.41) is 15.2. The molecule has 5 nitrogen and oxygen atoms in total. The molecule has 0 atom stereocenters. The first kappa shape index (κ1) is 12.1. The van der Waals surface area contributed by atoms with Crippen molar-refractivity contribution in [3.63, 3.8) is 0 Å². The molecule has 0 radical (unpaired) electrons. The van der Waals surface area contributed by atoms with Crippen LogP contribution in [-0.4, -0.2) is 26.5 Å². The van der Waals surface area contributed by atoms with Crippen molar-refractivity contribution >= 4 is 28.9 Å². The molecule has 90 valence electrons. The molecule has 0 aliphatic carbocycles. The first-order valence-electron chi connectivity index (χ1n) is 5.06. The summed E-state index contributed by atoms with van der Waals surface area (Å²) in [6, 6.07) is 3.63. The van der Waals surface area contributed by atoms with Gasteiger partial charge < -0.3 is 5.32 Å². The summed E-state index contributed by atoms with van der Waals surface area (Å²) in [5.74, 6) is 0. The number of aryl methyl sites for hydroxylation is 1. The standard InChI is InChI=1S/C10H11Cl2N5/c1-17-7(3-5-14-17)2-4-13-8-6-9(11)15-16-10(8)12/h3,5-6H,2,4H2,1H3,(H,13,15). The van der Waals surface area contributed by atoms with Gasteiger partial charge in [-0.05, 0) is 6.07 Å². The maximum atomic E-state index is 5.88. The second-order valence-corrected chi connectivity index (χ2v) is 4.24. The first-order valence-corrected chi connectivity index (χ1v) is 5.82. The van der Waals surface area contributed by atoms with Crippen LogP contribution < -0.4 is 5.32 Å². The van der Waals surface area contributed by atoms with E-state index in [1.165, 1.54) is 0 Å². The highest BCUT2D eigenvalue weighted by atomic mass is 35.5. The van der Waals surface area contributed by atoms with Gasteiger partial charge in [0, 0.05) is 38.0 Å². The smallest absolute Gasteiger partial charge is 0.174 e. The van der Waals surface area contributed by atoms with Gasteiger partial charge in [-0.15, -0.1) is 10.2 Å².